The molecule has 1 aromatic carbocycles. The standard InChI is InChI=1S/C21H26O6/c1-7-14(3)20(22)26-11-9-10-16-12-17(24-5)19(18(13-16)25-6)27-21(23)15(4)8-2/h7-10,12-13H,11H2,1-6H3. The first-order valence-electron chi connectivity index (χ1n) is 8.45. The first-order valence-corrected chi connectivity index (χ1v) is 8.45. The number of carbonyl (C=O) groups is 2. The zero-order valence-electron chi connectivity index (χ0n) is 16.6. The zero-order chi connectivity index (χ0) is 20.4. The summed E-state index contributed by atoms with van der Waals surface area (Å²) in [5.41, 5.74) is 1.76. The Balaban J connectivity index is 3.00. The van der Waals surface area contributed by atoms with Gasteiger partial charge in [0.05, 0.1) is 14.2 Å². The van der Waals surface area contributed by atoms with Crippen LogP contribution in [-0.2, 0) is 14.3 Å². The molecule has 6 heteroatoms. The van der Waals surface area contributed by atoms with E-state index < -0.39 is 5.97 Å². The molecule has 0 fully saturated rings. The van der Waals surface area contributed by atoms with Crippen molar-refractivity contribution in [3.63, 3.8) is 0 Å². The van der Waals surface area contributed by atoms with Crippen LogP contribution in [0.4, 0.5) is 0 Å². The van der Waals surface area contributed by atoms with Gasteiger partial charge in [-0.1, -0.05) is 18.2 Å². The van der Waals surface area contributed by atoms with Gasteiger partial charge < -0.3 is 18.9 Å². The topological polar surface area (TPSA) is 71.1 Å². The third kappa shape index (κ3) is 6.33. The third-order valence-electron chi connectivity index (χ3n) is 3.81. The molecular formula is C21H26O6. The number of benzene rings is 1. The Morgan fingerprint density at radius 3 is 1.93 bits per heavy atom. The third-order valence-corrected chi connectivity index (χ3v) is 3.81. The number of hydrogen-bond donors (Lipinski definition) is 0. The van der Waals surface area contributed by atoms with Gasteiger partial charge in [-0.2, -0.15) is 0 Å². The van der Waals surface area contributed by atoms with Crippen LogP contribution in [0.5, 0.6) is 17.2 Å². The maximum absolute atomic E-state index is 12.1. The van der Waals surface area contributed by atoms with Gasteiger partial charge >= 0.3 is 11.9 Å². The normalized spacial score (nSPS) is 12.1. The van der Waals surface area contributed by atoms with Crippen molar-refractivity contribution in [1.29, 1.82) is 0 Å². The van der Waals surface area contributed by atoms with E-state index in [4.69, 9.17) is 18.9 Å². The van der Waals surface area contributed by atoms with Gasteiger partial charge in [-0.05, 0) is 51.5 Å². The van der Waals surface area contributed by atoms with Crippen LogP contribution in [0.15, 0.2) is 41.5 Å². The fourth-order valence-corrected chi connectivity index (χ4v) is 1.93. The Morgan fingerprint density at radius 2 is 1.44 bits per heavy atom. The van der Waals surface area contributed by atoms with E-state index in [0.29, 0.717) is 22.6 Å². The van der Waals surface area contributed by atoms with Crippen LogP contribution in [0.25, 0.3) is 6.08 Å². The molecule has 0 aliphatic heterocycles. The smallest absolute Gasteiger partial charge is 0.339 e. The number of allylic oxidation sites excluding steroid dienone is 2. The van der Waals surface area contributed by atoms with Gasteiger partial charge in [-0.3, -0.25) is 0 Å². The Bertz CT molecular complexity index is 746. The second-order valence-corrected chi connectivity index (χ2v) is 5.59. The van der Waals surface area contributed by atoms with E-state index >= 15 is 0 Å². The first-order chi connectivity index (χ1) is 12.9. The molecule has 0 saturated heterocycles. The maximum atomic E-state index is 12.1. The van der Waals surface area contributed by atoms with Crippen molar-refractivity contribution in [1.82, 2.24) is 0 Å². The predicted octanol–water partition coefficient (Wildman–Crippen LogP) is 4.10. The molecule has 0 saturated carbocycles. The first kappa shape index (κ1) is 22.0. The lowest BCUT2D eigenvalue weighted by atomic mass is 10.1. The largest absolute Gasteiger partial charge is 0.493 e. The van der Waals surface area contributed by atoms with Gasteiger partial charge in [-0.15, -0.1) is 0 Å². The molecule has 0 aromatic heterocycles. The minimum Gasteiger partial charge on any atom is -0.493 e. The van der Waals surface area contributed by atoms with Gasteiger partial charge in [-0.25, -0.2) is 9.59 Å². The lowest BCUT2D eigenvalue weighted by molar-refractivity contribution is -0.137. The molecule has 0 aliphatic rings. The fourth-order valence-electron chi connectivity index (χ4n) is 1.93. The van der Waals surface area contributed by atoms with Crippen molar-refractivity contribution in [2.45, 2.75) is 27.7 Å². The number of ether oxygens (including phenoxy) is 4. The summed E-state index contributed by atoms with van der Waals surface area (Å²) in [4.78, 5) is 23.6. The second kappa shape index (κ2) is 10.9. The number of methoxy groups -OCH3 is 2. The molecule has 0 N–H and O–H groups in total. The fraction of sp³-hybridized carbons (Fsp3) is 0.333. The summed E-state index contributed by atoms with van der Waals surface area (Å²) < 4.78 is 21.2. The molecule has 0 amide bonds. The van der Waals surface area contributed by atoms with Crippen LogP contribution in [0, 0.1) is 0 Å². The summed E-state index contributed by atoms with van der Waals surface area (Å²) in [5.74, 6) is 0.0714. The van der Waals surface area contributed by atoms with Crippen molar-refractivity contribution in [3.05, 3.63) is 47.1 Å². The monoisotopic (exact) mass is 374 g/mol. The van der Waals surface area contributed by atoms with Gasteiger partial charge in [0.1, 0.15) is 6.61 Å². The van der Waals surface area contributed by atoms with E-state index in [0.717, 1.165) is 5.56 Å². The van der Waals surface area contributed by atoms with E-state index in [1.807, 2.05) is 0 Å². The highest BCUT2D eigenvalue weighted by molar-refractivity contribution is 5.90. The summed E-state index contributed by atoms with van der Waals surface area (Å²) in [5, 5.41) is 0. The Labute approximate surface area is 160 Å². The van der Waals surface area contributed by atoms with Crippen LogP contribution in [0.1, 0.15) is 33.3 Å². The van der Waals surface area contributed by atoms with Crippen LogP contribution in [0.3, 0.4) is 0 Å². The molecule has 0 spiro atoms. The SMILES string of the molecule is CC=C(C)C(=O)OCC=Cc1cc(OC)c(OC(=O)C(C)=CC)c(OC)c1. The van der Waals surface area contributed by atoms with Crippen LogP contribution >= 0.6 is 0 Å². The summed E-state index contributed by atoms with van der Waals surface area (Å²) >= 11 is 0. The van der Waals surface area contributed by atoms with E-state index in [9.17, 15) is 9.59 Å². The molecule has 1 rings (SSSR count). The minimum atomic E-state index is -0.483. The van der Waals surface area contributed by atoms with Crippen LogP contribution in [-0.4, -0.2) is 32.8 Å². The Hall–Kier alpha value is -3.02. The Morgan fingerprint density at radius 1 is 0.926 bits per heavy atom. The van der Waals surface area contributed by atoms with Gasteiger partial charge in [0, 0.05) is 11.1 Å². The Kier molecular flexibility index (Phi) is 8.85. The molecule has 0 bridgehead atoms. The van der Waals surface area contributed by atoms with Crippen LogP contribution in [0.2, 0.25) is 0 Å². The van der Waals surface area contributed by atoms with Crippen molar-refractivity contribution in [2.75, 3.05) is 20.8 Å². The quantitative estimate of drug-likeness (QED) is 0.388. The van der Waals surface area contributed by atoms with E-state index in [-0.39, 0.29) is 18.3 Å². The van der Waals surface area contributed by atoms with Crippen molar-refractivity contribution < 1.29 is 28.5 Å². The molecule has 6 nitrogen and oxygen atoms in total. The highest BCUT2D eigenvalue weighted by Crippen LogP contribution is 2.39. The van der Waals surface area contributed by atoms with E-state index in [2.05, 4.69) is 0 Å². The summed E-state index contributed by atoms with van der Waals surface area (Å²) in [7, 11) is 2.95. The molecule has 1 aromatic rings. The highest BCUT2D eigenvalue weighted by atomic mass is 16.6. The van der Waals surface area contributed by atoms with E-state index in [1.54, 1.807) is 64.1 Å². The molecule has 0 atom stereocenters. The number of hydrogen-bond acceptors (Lipinski definition) is 6. The maximum Gasteiger partial charge on any atom is 0.339 e. The summed E-state index contributed by atoms with van der Waals surface area (Å²) in [6.07, 6.45) is 6.81. The molecular weight excluding hydrogens is 348 g/mol. The highest BCUT2D eigenvalue weighted by Gasteiger charge is 2.18. The van der Waals surface area contributed by atoms with Crippen molar-refractivity contribution in [3.8, 4) is 17.2 Å². The van der Waals surface area contributed by atoms with Gasteiger partial charge in [0.25, 0.3) is 0 Å². The molecule has 0 unspecified atom stereocenters. The predicted molar refractivity (Wildman–Crippen MR) is 104 cm³/mol. The number of esters is 2. The van der Waals surface area contributed by atoms with Crippen molar-refractivity contribution in [2.24, 2.45) is 0 Å². The average Bonchev–Trinajstić information content (AvgIpc) is 2.69. The molecule has 0 radical (unpaired) electrons. The molecule has 0 aliphatic carbocycles. The lowest BCUT2D eigenvalue weighted by Gasteiger charge is -2.14. The van der Waals surface area contributed by atoms with Gasteiger partial charge in [0.2, 0.25) is 5.75 Å². The average molecular weight is 374 g/mol. The van der Waals surface area contributed by atoms with E-state index in [1.165, 1.54) is 14.2 Å². The van der Waals surface area contributed by atoms with Gasteiger partial charge in [0.15, 0.2) is 11.5 Å². The molecule has 27 heavy (non-hydrogen) atoms. The number of rotatable bonds is 8. The number of carbonyl (C=O) groups excluding carboxylic acids is 2. The summed E-state index contributed by atoms with van der Waals surface area (Å²) in [6.45, 7) is 7.01. The van der Waals surface area contributed by atoms with Crippen LogP contribution < -0.4 is 14.2 Å². The second-order valence-electron chi connectivity index (χ2n) is 5.59. The molecule has 0 heterocycles. The molecule has 146 valence electrons. The minimum absolute atomic E-state index is 0.131. The van der Waals surface area contributed by atoms with Crippen molar-refractivity contribution >= 4 is 18.0 Å². The summed E-state index contributed by atoms with van der Waals surface area (Å²) in [6, 6.07) is 3.40. The lowest BCUT2D eigenvalue weighted by Crippen LogP contribution is -2.11. The zero-order valence-corrected chi connectivity index (χ0v) is 16.6.